The summed E-state index contributed by atoms with van der Waals surface area (Å²) < 4.78 is 21.1. The lowest BCUT2D eigenvalue weighted by molar-refractivity contribution is 0.0741. The van der Waals surface area contributed by atoms with Crippen molar-refractivity contribution in [3.05, 3.63) is 59.8 Å². The Balaban J connectivity index is 1.69. The molecule has 0 radical (unpaired) electrons. The second kappa shape index (κ2) is 13.9. The van der Waals surface area contributed by atoms with Gasteiger partial charge in [0.2, 0.25) is 0 Å². The summed E-state index contributed by atoms with van der Waals surface area (Å²) >= 11 is 0. The molecule has 1 aliphatic heterocycles. The van der Waals surface area contributed by atoms with Gasteiger partial charge >= 0.3 is 0 Å². The molecule has 1 aromatic carbocycles. The molecular formula is C33H45FN4O2. The summed E-state index contributed by atoms with van der Waals surface area (Å²) in [7, 11) is 1.65. The third kappa shape index (κ3) is 7.72. The van der Waals surface area contributed by atoms with Gasteiger partial charge in [-0.3, -0.25) is 9.69 Å². The van der Waals surface area contributed by atoms with E-state index in [-0.39, 0.29) is 5.91 Å². The van der Waals surface area contributed by atoms with Crippen molar-refractivity contribution in [3.63, 3.8) is 0 Å². The first kappa shape index (κ1) is 29.8. The van der Waals surface area contributed by atoms with E-state index in [0.717, 1.165) is 67.0 Å². The van der Waals surface area contributed by atoms with Crippen LogP contribution in [0.15, 0.2) is 48.7 Å². The minimum atomic E-state index is -0.753. The molecule has 1 unspecified atom stereocenters. The van der Waals surface area contributed by atoms with E-state index in [1.54, 1.807) is 7.11 Å². The molecule has 0 spiro atoms. The molecule has 216 valence electrons. The average Bonchev–Trinajstić information content (AvgIpc) is 3.30. The monoisotopic (exact) mass is 548 g/mol. The van der Waals surface area contributed by atoms with Crippen LogP contribution in [0.3, 0.4) is 0 Å². The Hall–Kier alpha value is -3.19. The molecule has 7 heteroatoms. The molecule has 1 atom stereocenters. The van der Waals surface area contributed by atoms with Crippen LogP contribution >= 0.6 is 0 Å². The molecule has 1 amide bonds. The predicted molar refractivity (Wildman–Crippen MR) is 162 cm³/mol. The molecule has 6 nitrogen and oxygen atoms in total. The molecule has 0 N–H and O–H groups in total. The Morgan fingerprint density at radius 1 is 1.12 bits per heavy atom. The number of piperidine rings is 1. The van der Waals surface area contributed by atoms with Crippen LogP contribution in [0.2, 0.25) is 0 Å². The smallest absolute Gasteiger partial charge is 0.253 e. The number of rotatable bonds is 12. The number of alkyl halides is 1. The van der Waals surface area contributed by atoms with Crippen LogP contribution in [0.1, 0.15) is 69.3 Å². The number of methoxy groups -OCH3 is 1. The number of carbonyl (C=O) groups excluding carboxylic acids is 1. The lowest BCUT2D eigenvalue weighted by Gasteiger charge is -2.27. The van der Waals surface area contributed by atoms with Gasteiger partial charge in [-0.15, -0.1) is 0 Å². The van der Waals surface area contributed by atoms with E-state index < -0.39 is 6.17 Å². The van der Waals surface area contributed by atoms with Crippen LogP contribution in [-0.4, -0.2) is 71.3 Å². The predicted octanol–water partition coefficient (Wildman–Crippen LogP) is 6.99. The van der Waals surface area contributed by atoms with E-state index in [0.29, 0.717) is 36.9 Å². The molecule has 1 saturated heterocycles. The van der Waals surface area contributed by atoms with E-state index in [4.69, 9.17) is 9.84 Å². The number of likely N-dealkylation sites (tertiary alicyclic amines) is 1. The number of hydrogen-bond donors (Lipinski definition) is 0. The summed E-state index contributed by atoms with van der Waals surface area (Å²) in [4.78, 5) is 17.9. The fraction of sp³-hybridized carbons (Fsp3) is 0.515. The zero-order valence-electron chi connectivity index (χ0n) is 24.8. The lowest BCUT2D eigenvalue weighted by atomic mass is 10.0. The summed E-state index contributed by atoms with van der Waals surface area (Å²) in [5, 5.41) is 4.91. The number of carbonyl (C=O) groups is 1. The topological polar surface area (TPSA) is 50.1 Å². The molecule has 0 saturated carbocycles. The molecular weight excluding hydrogens is 503 g/mol. The summed E-state index contributed by atoms with van der Waals surface area (Å²) in [6.07, 6.45) is 8.79. The fourth-order valence-electron chi connectivity index (χ4n) is 5.13. The van der Waals surface area contributed by atoms with Crippen LogP contribution in [0.4, 0.5) is 4.39 Å². The molecule has 3 heterocycles. The second-order valence-electron chi connectivity index (χ2n) is 11.8. The van der Waals surface area contributed by atoms with Gasteiger partial charge in [0.15, 0.2) is 0 Å². The lowest BCUT2D eigenvalue weighted by Crippen LogP contribution is -2.36. The maximum atomic E-state index is 13.9. The maximum Gasteiger partial charge on any atom is 0.253 e. The Morgan fingerprint density at radius 3 is 2.45 bits per heavy atom. The van der Waals surface area contributed by atoms with Crippen LogP contribution in [0.25, 0.3) is 22.9 Å². The van der Waals surface area contributed by atoms with E-state index in [1.165, 1.54) is 0 Å². The van der Waals surface area contributed by atoms with Crippen molar-refractivity contribution in [1.82, 2.24) is 19.4 Å². The number of benzene rings is 1. The van der Waals surface area contributed by atoms with Crippen molar-refractivity contribution in [2.45, 2.75) is 59.5 Å². The van der Waals surface area contributed by atoms with Gasteiger partial charge in [-0.25, -0.2) is 8.91 Å². The highest BCUT2D eigenvalue weighted by atomic mass is 19.1. The highest BCUT2D eigenvalue weighted by molar-refractivity contribution is 5.96. The van der Waals surface area contributed by atoms with Gasteiger partial charge in [-0.1, -0.05) is 39.8 Å². The van der Waals surface area contributed by atoms with Gasteiger partial charge in [-0.2, -0.15) is 5.10 Å². The molecule has 0 bridgehead atoms. The van der Waals surface area contributed by atoms with Gasteiger partial charge in [-0.05, 0) is 80.5 Å². The number of fused-ring (bicyclic) bond motifs is 1. The highest BCUT2D eigenvalue weighted by Crippen LogP contribution is 2.30. The summed E-state index contributed by atoms with van der Waals surface area (Å²) in [6.45, 7) is 12.3. The summed E-state index contributed by atoms with van der Waals surface area (Å²) in [5.41, 5.74) is 4.30. The standard InChI is InChI=1S/C33H45FN4O2/c1-24(2)14-19-37(20-15-25(3)4)33(39)27-16-21-38-31(22-27)30(9-7-18-36-17-6-8-28(34)23-36)32(35-38)26-10-12-29(40-5)13-11-26/h7,9-13,16,21-22,24-25,28H,6,8,14-15,17-20,23H2,1-5H3/b9-7+. The Labute approximate surface area is 238 Å². The van der Waals surface area contributed by atoms with Crippen molar-refractivity contribution >= 4 is 17.5 Å². The van der Waals surface area contributed by atoms with Crippen molar-refractivity contribution in [2.75, 3.05) is 39.8 Å². The van der Waals surface area contributed by atoms with Crippen molar-refractivity contribution in [2.24, 2.45) is 11.8 Å². The van der Waals surface area contributed by atoms with E-state index in [1.807, 2.05) is 52.0 Å². The molecule has 0 aliphatic carbocycles. The first-order valence-corrected chi connectivity index (χ1v) is 14.7. The number of ether oxygens (including phenoxy) is 1. The normalized spacial score (nSPS) is 16.4. The Bertz CT molecular complexity index is 1270. The van der Waals surface area contributed by atoms with Gasteiger partial charge in [0.1, 0.15) is 17.6 Å². The van der Waals surface area contributed by atoms with Crippen LogP contribution in [0, 0.1) is 11.8 Å². The molecule has 1 fully saturated rings. The van der Waals surface area contributed by atoms with E-state index >= 15 is 0 Å². The maximum absolute atomic E-state index is 13.9. The number of halogens is 1. The van der Waals surface area contributed by atoms with Crippen molar-refractivity contribution in [1.29, 1.82) is 0 Å². The molecule has 2 aromatic heterocycles. The SMILES string of the molecule is COc1ccc(-c2nn3ccc(C(=O)N(CCC(C)C)CCC(C)C)cc3c2/C=C/CN2CCCC(F)C2)cc1. The van der Waals surface area contributed by atoms with Crippen LogP contribution in [0.5, 0.6) is 5.75 Å². The molecule has 4 rings (SSSR count). The third-order valence-electron chi connectivity index (χ3n) is 7.62. The third-order valence-corrected chi connectivity index (χ3v) is 7.62. The zero-order valence-corrected chi connectivity index (χ0v) is 24.8. The molecule has 1 aliphatic rings. The van der Waals surface area contributed by atoms with Gasteiger partial charge < -0.3 is 9.64 Å². The number of aromatic nitrogens is 2. The molecule has 3 aromatic rings. The fourth-order valence-corrected chi connectivity index (χ4v) is 5.13. The van der Waals surface area contributed by atoms with E-state index in [9.17, 15) is 9.18 Å². The first-order valence-electron chi connectivity index (χ1n) is 14.7. The van der Waals surface area contributed by atoms with Crippen LogP contribution in [-0.2, 0) is 0 Å². The number of pyridine rings is 1. The number of nitrogens with zero attached hydrogens (tertiary/aromatic N) is 4. The average molecular weight is 549 g/mol. The first-order chi connectivity index (χ1) is 19.2. The zero-order chi connectivity index (χ0) is 28.6. The largest absolute Gasteiger partial charge is 0.497 e. The Kier molecular flexibility index (Phi) is 10.4. The van der Waals surface area contributed by atoms with Crippen molar-refractivity contribution in [3.8, 4) is 17.0 Å². The number of amides is 1. The highest BCUT2D eigenvalue weighted by Gasteiger charge is 2.21. The van der Waals surface area contributed by atoms with Crippen LogP contribution < -0.4 is 4.74 Å². The van der Waals surface area contributed by atoms with Crippen molar-refractivity contribution < 1.29 is 13.9 Å². The quantitative estimate of drug-likeness (QED) is 0.245. The van der Waals surface area contributed by atoms with E-state index in [2.05, 4.69) is 44.7 Å². The summed E-state index contributed by atoms with van der Waals surface area (Å²) in [5.74, 6) is 1.91. The Morgan fingerprint density at radius 2 is 1.82 bits per heavy atom. The van der Waals surface area contributed by atoms with Gasteiger partial charge in [0.25, 0.3) is 5.91 Å². The number of hydrogen-bond acceptors (Lipinski definition) is 4. The minimum absolute atomic E-state index is 0.0632. The molecule has 40 heavy (non-hydrogen) atoms. The minimum Gasteiger partial charge on any atom is -0.497 e. The second-order valence-corrected chi connectivity index (χ2v) is 11.8. The van der Waals surface area contributed by atoms with Gasteiger partial charge in [0, 0.05) is 49.1 Å². The summed E-state index contributed by atoms with van der Waals surface area (Å²) in [6, 6.07) is 11.7. The van der Waals surface area contributed by atoms with Gasteiger partial charge in [0.05, 0.1) is 12.6 Å².